The zero-order chi connectivity index (χ0) is 19.8. The van der Waals surface area contributed by atoms with E-state index in [1.807, 2.05) is 60.7 Å². The molecule has 2 amide bonds. The highest BCUT2D eigenvalue weighted by Crippen LogP contribution is 2.20. The van der Waals surface area contributed by atoms with Crippen LogP contribution >= 0.6 is 15.9 Å². The highest BCUT2D eigenvalue weighted by molar-refractivity contribution is 9.10. The van der Waals surface area contributed by atoms with E-state index in [0.717, 1.165) is 15.6 Å². The molecule has 0 aliphatic heterocycles. The van der Waals surface area contributed by atoms with Crippen LogP contribution in [0.15, 0.2) is 88.4 Å². The van der Waals surface area contributed by atoms with E-state index >= 15 is 0 Å². The summed E-state index contributed by atoms with van der Waals surface area (Å²) in [4.78, 5) is 14.4. The van der Waals surface area contributed by atoms with Gasteiger partial charge in [0.25, 0.3) is 0 Å². The molecule has 5 nitrogen and oxygen atoms in total. The predicted molar refractivity (Wildman–Crippen MR) is 114 cm³/mol. The lowest BCUT2D eigenvalue weighted by Crippen LogP contribution is -2.36. The van der Waals surface area contributed by atoms with E-state index in [0.29, 0.717) is 18.7 Å². The molecule has 2 N–H and O–H groups in total. The van der Waals surface area contributed by atoms with Gasteiger partial charge in [0.05, 0.1) is 6.21 Å². The minimum absolute atomic E-state index is 0.0895. The fourth-order valence-electron chi connectivity index (χ4n) is 2.66. The van der Waals surface area contributed by atoms with Gasteiger partial charge in [0, 0.05) is 23.1 Å². The Morgan fingerprint density at radius 3 is 2.11 bits per heavy atom. The Kier molecular flexibility index (Phi) is 6.81. The number of aromatic hydroxyl groups is 1. The average Bonchev–Trinajstić information content (AvgIpc) is 2.71. The lowest BCUT2D eigenvalue weighted by molar-refractivity contribution is 0.193. The number of hydrogen-bond donors (Lipinski definition) is 2. The Bertz CT molecular complexity index is 905. The van der Waals surface area contributed by atoms with Crippen molar-refractivity contribution in [1.29, 1.82) is 0 Å². The van der Waals surface area contributed by atoms with Crippen molar-refractivity contribution in [3.05, 3.63) is 100 Å². The summed E-state index contributed by atoms with van der Waals surface area (Å²) in [6.07, 6.45) is 1.42. The number of carbonyl (C=O) groups excluding carboxylic acids is 1. The molecule has 142 valence electrons. The first-order valence-corrected chi connectivity index (χ1v) is 9.55. The Morgan fingerprint density at radius 1 is 0.964 bits per heavy atom. The van der Waals surface area contributed by atoms with Crippen LogP contribution in [0.2, 0.25) is 0 Å². The van der Waals surface area contributed by atoms with Gasteiger partial charge in [0.2, 0.25) is 0 Å². The quantitative estimate of drug-likeness (QED) is 0.425. The molecule has 0 unspecified atom stereocenters. The van der Waals surface area contributed by atoms with E-state index in [9.17, 15) is 9.90 Å². The van der Waals surface area contributed by atoms with Crippen LogP contribution in [0.3, 0.4) is 0 Å². The van der Waals surface area contributed by atoms with Crippen LogP contribution in [-0.2, 0) is 13.1 Å². The number of halogens is 1. The van der Waals surface area contributed by atoms with Crippen molar-refractivity contribution in [2.75, 3.05) is 0 Å². The smallest absolute Gasteiger partial charge is 0.338 e. The highest BCUT2D eigenvalue weighted by Gasteiger charge is 2.14. The van der Waals surface area contributed by atoms with Crippen LogP contribution in [0.4, 0.5) is 4.79 Å². The van der Waals surface area contributed by atoms with Crippen molar-refractivity contribution in [2.24, 2.45) is 5.10 Å². The van der Waals surface area contributed by atoms with Crippen LogP contribution in [-0.4, -0.2) is 22.3 Å². The Labute approximate surface area is 172 Å². The van der Waals surface area contributed by atoms with E-state index in [1.165, 1.54) is 6.21 Å². The minimum atomic E-state index is -0.321. The number of phenolic OH excluding ortho intramolecular Hbond substituents is 1. The third-order valence-corrected chi connectivity index (χ3v) is 4.57. The Balaban J connectivity index is 1.72. The molecule has 0 fully saturated rings. The molecule has 3 aromatic rings. The number of urea groups is 1. The molecule has 0 aliphatic carbocycles. The maximum atomic E-state index is 12.7. The fraction of sp³-hybridized carbons (Fsp3) is 0.0909. The maximum absolute atomic E-state index is 12.7. The van der Waals surface area contributed by atoms with Crippen molar-refractivity contribution in [3.63, 3.8) is 0 Å². The molecule has 0 atom stereocenters. The molecule has 3 rings (SSSR count). The second-order valence-corrected chi connectivity index (χ2v) is 7.12. The van der Waals surface area contributed by atoms with E-state index in [4.69, 9.17) is 0 Å². The molecular weight excluding hydrogens is 418 g/mol. The summed E-state index contributed by atoms with van der Waals surface area (Å²) in [7, 11) is 0. The van der Waals surface area contributed by atoms with E-state index in [-0.39, 0.29) is 11.8 Å². The third kappa shape index (κ3) is 5.69. The van der Waals surface area contributed by atoms with E-state index < -0.39 is 0 Å². The van der Waals surface area contributed by atoms with Gasteiger partial charge in [0.1, 0.15) is 5.75 Å². The monoisotopic (exact) mass is 437 g/mol. The molecule has 0 spiro atoms. The number of amides is 2. The molecule has 6 heteroatoms. The van der Waals surface area contributed by atoms with Gasteiger partial charge in [0.15, 0.2) is 0 Å². The third-order valence-electron chi connectivity index (χ3n) is 4.07. The molecule has 3 aromatic carbocycles. The van der Waals surface area contributed by atoms with E-state index in [1.54, 1.807) is 23.1 Å². The van der Waals surface area contributed by atoms with Crippen LogP contribution in [0.5, 0.6) is 5.75 Å². The van der Waals surface area contributed by atoms with E-state index in [2.05, 4.69) is 26.5 Å². The second-order valence-electron chi connectivity index (χ2n) is 6.21. The molecule has 0 aliphatic rings. The topological polar surface area (TPSA) is 64.9 Å². The number of hydrogen-bond acceptors (Lipinski definition) is 3. The number of rotatable bonds is 6. The van der Waals surface area contributed by atoms with Crippen LogP contribution in [0.1, 0.15) is 16.7 Å². The molecule has 0 heterocycles. The van der Waals surface area contributed by atoms with Gasteiger partial charge in [-0.3, -0.25) is 0 Å². The fourth-order valence-corrected chi connectivity index (χ4v) is 3.04. The summed E-state index contributed by atoms with van der Waals surface area (Å²) in [5.41, 5.74) is 5.11. The number of nitrogens with one attached hydrogen (secondary N) is 1. The molecular formula is C22H20BrN3O2. The largest absolute Gasteiger partial charge is 0.507 e. The van der Waals surface area contributed by atoms with Crippen molar-refractivity contribution in [3.8, 4) is 5.75 Å². The summed E-state index contributed by atoms with van der Waals surface area (Å²) in [5.74, 6) is 0.0895. The number of carbonyl (C=O) groups is 1. The van der Waals surface area contributed by atoms with Crippen molar-refractivity contribution < 1.29 is 9.90 Å². The number of benzene rings is 3. The lowest BCUT2D eigenvalue weighted by atomic mass is 10.2. The summed E-state index contributed by atoms with van der Waals surface area (Å²) in [5, 5.41) is 13.9. The van der Waals surface area contributed by atoms with Crippen molar-refractivity contribution in [1.82, 2.24) is 10.3 Å². The highest BCUT2D eigenvalue weighted by atomic mass is 79.9. The number of hydrazone groups is 1. The van der Waals surface area contributed by atoms with Crippen LogP contribution in [0.25, 0.3) is 0 Å². The summed E-state index contributed by atoms with van der Waals surface area (Å²) in [6.45, 7) is 0.915. The normalized spacial score (nSPS) is 10.8. The first-order chi connectivity index (χ1) is 13.6. The Hall–Kier alpha value is -3.12. The van der Waals surface area contributed by atoms with Gasteiger partial charge < -0.3 is 10.0 Å². The van der Waals surface area contributed by atoms with Crippen LogP contribution < -0.4 is 5.43 Å². The van der Waals surface area contributed by atoms with Gasteiger partial charge >= 0.3 is 6.03 Å². The summed E-state index contributed by atoms with van der Waals surface area (Å²) in [6, 6.07) is 24.3. The molecule has 0 saturated heterocycles. The molecule has 0 radical (unpaired) electrons. The molecule has 0 aromatic heterocycles. The first-order valence-electron chi connectivity index (χ1n) is 8.76. The summed E-state index contributed by atoms with van der Waals surface area (Å²) < 4.78 is 0.813. The van der Waals surface area contributed by atoms with Gasteiger partial charge in [-0.1, -0.05) is 76.6 Å². The number of nitrogens with zero attached hydrogens (tertiary/aromatic N) is 2. The second kappa shape index (κ2) is 9.71. The molecule has 0 bridgehead atoms. The predicted octanol–water partition coefficient (Wildman–Crippen LogP) is 4.90. The minimum Gasteiger partial charge on any atom is -0.507 e. The van der Waals surface area contributed by atoms with Crippen molar-refractivity contribution in [2.45, 2.75) is 13.1 Å². The summed E-state index contributed by atoms with van der Waals surface area (Å²) >= 11 is 3.35. The van der Waals surface area contributed by atoms with Gasteiger partial charge in [-0.2, -0.15) is 5.10 Å². The van der Waals surface area contributed by atoms with Gasteiger partial charge in [-0.25, -0.2) is 10.2 Å². The Morgan fingerprint density at radius 2 is 1.54 bits per heavy atom. The van der Waals surface area contributed by atoms with Crippen molar-refractivity contribution >= 4 is 28.2 Å². The average molecular weight is 438 g/mol. The number of phenols is 1. The van der Waals surface area contributed by atoms with Gasteiger partial charge in [-0.15, -0.1) is 0 Å². The van der Waals surface area contributed by atoms with Gasteiger partial charge in [-0.05, 0) is 29.3 Å². The molecule has 28 heavy (non-hydrogen) atoms. The van der Waals surface area contributed by atoms with Crippen LogP contribution in [0, 0.1) is 0 Å². The molecule has 0 saturated carbocycles. The zero-order valence-corrected chi connectivity index (χ0v) is 16.7. The SMILES string of the molecule is O=C(N/N=C/c1cc(Br)ccc1O)N(Cc1ccccc1)Cc1ccccc1. The first kappa shape index (κ1) is 19.6. The lowest BCUT2D eigenvalue weighted by Gasteiger charge is -2.22. The standard InChI is InChI=1S/C22H20BrN3O2/c23-20-11-12-21(27)19(13-20)14-24-25-22(28)26(15-17-7-3-1-4-8-17)16-18-9-5-2-6-10-18/h1-14,27H,15-16H2,(H,25,28)/b24-14+. The maximum Gasteiger partial charge on any atom is 0.338 e. The zero-order valence-electron chi connectivity index (χ0n) is 15.1.